The van der Waals surface area contributed by atoms with E-state index in [1.165, 1.54) is 25.8 Å². The number of benzene rings is 2. The highest BCUT2D eigenvalue weighted by atomic mass is 16.5. The van der Waals surface area contributed by atoms with Crippen LogP contribution in [-0.2, 0) is 13.6 Å². The molecule has 0 saturated heterocycles. The molecule has 0 fully saturated rings. The van der Waals surface area contributed by atoms with Crippen molar-refractivity contribution in [3.63, 3.8) is 0 Å². The van der Waals surface area contributed by atoms with E-state index in [2.05, 4.69) is 10.3 Å². The van der Waals surface area contributed by atoms with E-state index in [4.69, 9.17) is 9.47 Å². The predicted molar refractivity (Wildman–Crippen MR) is 112 cm³/mol. The van der Waals surface area contributed by atoms with Gasteiger partial charge in [0.25, 0.3) is 11.5 Å². The molecule has 0 aliphatic rings. The van der Waals surface area contributed by atoms with E-state index in [-0.39, 0.29) is 18.1 Å². The summed E-state index contributed by atoms with van der Waals surface area (Å²) in [5, 5.41) is 12.9. The Morgan fingerprint density at radius 2 is 1.83 bits per heavy atom. The Kier molecular flexibility index (Phi) is 6.06. The summed E-state index contributed by atoms with van der Waals surface area (Å²) in [6.45, 7) is 2.04. The number of carbonyl (C=O) groups excluding carboxylic acids is 1. The van der Waals surface area contributed by atoms with Gasteiger partial charge in [-0.25, -0.2) is 4.98 Å². The van der Waals surface area contributed by atoms with Crippen LogP contribution in [0.1, 0.15) is 21.6 Å². The molecule has 0 atom stereocenters. The third-order valence-corrected chi connectivity index (χ3v) is 4.72. The first-order valence-corrected chi connectivity index (χ1v) is 9.22. The van der Waals surface area contributed by atoms with Gasteiger partial charge in [0.1, 0.15) is 5.82 Å². The van der Waals surface area contributed by atoms with Crippen molar-refractivity contribution in [2.75, 3.05) is 14.2 Å². The molecule has 0 aliphatic heterocycles. The minimum Gasteiger partial charge on any atom is -0.501 e. The van der Waals surface area contributed by atoms with Gasteiger partial charge < -0.3 is 19.9 Å². The molecule has 8 nitrogen and oxygen atoms in total. The highest BCUT2D eigenvalue weighted by Crippen LogP contribution is 2.30. The number of aromatic hydroxyl groups is 1. The Morgan fingerprint density at radius 1 is 1.13 bits per heavy atom. The van der Waals surface area contributed by atoms with Crippen LogP contribution < -0.4 is 20.3 Å². The molecule has 0 aliphatic carbocycles. The number of amides is 1. The molecule has 3 aromatic rings. The highest BCUT2D eigenvalue weighted by molar-refractivity contribution is 5.95. The van der Waals surface area contributed by atoms with Gasteiger partial charge in [0.2, 0.25) is 5.75 Å². The average Bonchev–Trinajstić information content (AvgIpc) is 2.76. The number of aryl methyl sites for hydroxylation is 1. The minimum atomic E-state index is -0.705. The van der Waals surface area contributed by atoms with Gasteiger partial charge in [-0.3, -0.25) is 14.2 Å². The third kappa shape index (κ3) is 3.98. The number of ether oxygens (including phenoxy) is 2. The van der Waals surface area contributed by atoms with E-state index in [1.807, 2.05) is 19.1 Å². The number of rotatable bonds is 6. The number of aromatic nitrogens is 2. The van der Waals surface area contributed by atoms with Crippen LogP contribution >= 0.6 is 0 Å². The number of para-hydroxylation sites is 1. The fourth-order valence-electron chi connectivity index (χ4n) is 3.06. The number of methoxy groups -OCH3 is 2. The van der Waals surface area contributed by atoms with Crippen LogP contribution in [0.2, 0.25) is 0 Å². The maximum atomic E-state index is 12.7. The molecule has 1 aromatic heterocycles. The van der Waals surface area contributed by atoms with Crippen LogP contribution in [0.15, 0.2) is 47.3 Å². The quantitative estimate of drug-likeness (QED) is 0.648. The van der Waals surface area contributed by atoms with Crippen LogP contribution in [0.25, 0.3) is 11.4 Å². The average molecular weight is 409 g/mol. The summed E-state index contributed by atoms with van der Waals surface area (Å²) in [5.74, 6) is -0.0870. The first kappa shape index (κ1) is 20.9. The first-order chi connectivity index (χ1) is 14.4. The van der Waals surface area contributed by atoms with Gasteiger partial charge in [-0.2, -0.15) is 0 Å². The van der Waals surface area contributed by atoms with Gasteiger partial charge in [0.05, 0.1) is 14.2 Å². The lowest BCUT2D eigenvalue weighted by molar-refractivity contribution is 0.0942. The molecular formula is C22H23N3O5. The summed E-state index contributed by atoms with van der Waals surface area (Å²) in [5.41, 5.74) is 1.34. The predicted octanol–water partition coefficient (Wildman–Crippen LogP) is 2.41. The van der Waals surface area contributed by atoms with Crippen molar-refractivity contribution in [1.82, 2.24) is 14.9 Å². The van der Waals surface area contributed by atoms with Gasteiger partial charge in [-0.05, 0) is 13.0 Å². The third-order valence-electron chi connectivity index (χ3n) is 4.72. The Balaban J connectivity index is 1.93. The molecule has 0 spiro atoms. The molecule has 0 bridgehead atoms. The number of nitrogens with one attached hydrogen (secondary N) is 1. The van der Waals surface area contributed by atoms with Crippen molar-refractivity contribution in [3.8, 4) is 28.6 Å². The van der Waals surface area contributed by atoms with Crippen LogP contribution in [-0.4, -0.2) is 34.8 Å². The minimum absolute atomic E-state index is 0.0927. The van der Waals surface area contributed by atoms with Gasteiger partial charge >= 0.3 is 0 Å². The fourth-order valence-corrected chi connectivity index (χ4v) is 3.06. The van der Waals surface area contributed by atoms with Crippen molar-refractivity contribution < 1.29 is 19.4 Å². The lowest BCUT2D eigenvalue weighted by Crippen LogP contribution is -2.29. The van der Waals surface area contributed by atoms with Gasteiger partial charge in [-0.1, -0.05) is 42.0 Å². The fraction of sp³-hybridized carbons (Fsp3) is 0.227. The topological polar surface area (TPSA) is 103 Å². The second-order valence-corrected chi connectivity index (χ2v) is 6.70. The lowest BCUT2D eigenvalue weighted by atomic mass is 10.1. The molecule has 30 heavy (non-hydrogen) atoms. The normalized spacial score (nSPS) is 10.5. The number of nitrogens with zero attached hydrogens (tertiary/aromatic N) is 2. The zero-order chi connectivity index (χ0) is 21.8. The van der Waals surface area contributed by atoms with Crippen molar-refractivity contribution in [1.29, 1.82) is 0 Å². The molecular weight excluding hydrogens is 386 g/mol. The van der Waals surface area contributed by atoms with Crippen molar-refractivity contribution in [2.24, 2.45) is 7.05 Å². The summed E-state index contributed by atoms with van der Waals surface area (Å²) < 4.78 is 11.8. The van der Waals surface area contributed by atoms with E-state index in [9.17, 15) is 14.7 Å². The Labute approximate surface area is 173 Å². The lowest BCUT2D eigenvalue weighted by Gasteiger charge is -2.14. The molecule has 8 heteroatoms. The Morgan fingerprint density at radius 3 is 2.47 bits per heavy atom. The van der Waals surface area contributed by atoms with E-state index >= 15 is 0 Å². The van der Waals surface area contributed by atoms with Crippen LogP contribution in [0.3, 0.4) is 0 Å². The molecule has 2 aromatic carbocycles. The van der Waals surface area contributed by atoms with Gasteiger partial charge in [0.15, 0.2) is 17.2 Å². The van der Waals surface area contributed by atoms with Gasteiger partial charge in [0, 0.05) is 24.7 Å². The summed E-state index contributed by atoms with van der Waals surface area (Å²) in [7, 11) is 4.52. The van der Waals surface area contributed by atoms with Crippen LogP contribution in [0.4, 0.5) is 0 Å². The van der Waals surface area contributed by atoms with E-state index in [1.54, 1.807) is 30.3 Å². The highest BCUT2D eigenvalue weighted by Gasteiger charge is 2.21. The Hall–Kier alpha value is -3.81. The molecule has 0 saturated carbocycles. The second kappa shape index (κ2) is 8.69. The van der Waals surface area contributed by atoms with Crippen molar-refractivity contribution in [2.45, 2.75) is 13.5 Å². The SMILES string of the molecule is COc1cccc(CNC(=O)c2nc(-c3ccc(C)cc3)n(C)c(=O)c2O)c1OC. The summed E-state index contributed by atoms with van der Waals surface area (Å²) >= 11 is 0. The summed E-state index contributed by atoms with van der Waals surface area (Å²) in [6, 6.07) is 12.6. The molecule has 0 radical (unpaired) electrons. The number of hydrogen-bond donors (Lipinski definition) is 2. The standard InChI is InChI=1S/C22H23N3O5/c1-13-8-10-14(11-9-13)20-24-17(18(26)22(28)25(20)2)21(27)23-12-15-6-5-7-16(29-3)19(15)30-4/h5-11,26H,12H2,1-4H3,(H,23,27). The Bertz CT molecular complexity index is 1140. The molecule has 1 heterocycles. The molecule has 0 unspecified atom stereocenters. The zero-order valence-electron chi connectivity index (χ0n) is 17.2. The molecule has 2 N–H and O–H groups in total. The van der Waals surface area contributed by atoms with Gasteiger partial charge in [-0.15, -0.1) is 0 Å². The van der Waals surface area contributed by atoms with Crippen molar-refractivity contribution >= 4 is 5.91 Å². The largest absolute Gasteiger partial charge is 0.501 e. The monoisotopic (exact) mass is 409 g/mol. The molecule has 156 valence electrons. The maximum absolute atomic E-state index is 12.7. The smallest absolute Gasteiger partial charge is 0.296 e. The van der Waals surface area contributed by atoms with Crippen molar-refractivity contribution in [3.05, 3.63) is 69.6 Å². The van der Waals surface area contributed by atoms with Crippen LogP contribution in [0.5, 0.6) is 17.2 Å². The summed E-state index contributed by atoms with van der Waals surface area (Å²) in [4.78, 5) is 29.5. The number of hydrogen-bond acceptors (Lipinski definition) is 6. The van der Waals surface area contributed by atoms with E-state index < -0.39 is 17.2 Å². The van der Waals surface area contributed by atoms with E-state index in [0.29, 0.717) is 22.6 Å². The first-order valence-electron chi connectivity index (χ1n) is 9.22. The van der Waals surface area contributed by atoms with Crippen LogP contribution in [0, 0.1) is 6.92 Å². The number of carbonyl (C=O) groups is 1. The molecule has 3 rings (SSSR count). The molecule has 1 amide bonds. The maximum Gasteiger partial charge on any atom is 0.296 e. The second-order valence-electron chi connectivity index (χ2n) is 6.70. The zero-order valence-corrected chi connectivity index (χ0v) is 17.2. The van der Waals surface area contributed by atoms with E-state index in [0.717, 1.165) is 5.56 Å². The summed E-state index contributed by atoms with van der Waals surface area (Å²) in [6.07, 6.45) is 0.